The fourth-order valence-electron chi connectivity index (χ4n) is 1.52. The lowest BCUT2D eigenvalue weighted by Crippen LogP contribution is -1.95. The van der Waals surface area contributed by atoms with Gasteiger partial charge in [0.2, 0.25) is 0 Å². The minimum atomic E-state index is -0.165. The van der Waals surface area contributed by atoms with Crippen molar-refractivity contribution in [1.29, 1.82) is 0 Å². The summed E-state index contributed by atoms with van der Waals surface area (Å²) in [6.45, 7) is 2.26. The van der Waals surface area contributed by atoms with E-state index in [0.29, 0.717) is 12.1 Å². The average Bonchev–Trinajstić information content (AvgIpc) is 2.70. The van der Waals surface area contributed by atoms with Crippen molar-refractivity contribution in [2.24, 2.45) is 5.73 Å². The molecule has 0 saturated carbocycles. The fraction of sp³-hybridized carbons (Fsp3) is 0.167. The number of benzene rings is 1. The minimum Gasteiger partial charge on any atom is -0.326 e. The molecular weight excluding hydrogens is 209 g/mol. The quantitative estimate of drug-likeness (QED) is 0.827. The number of hydrogen-bond donors (Lipinski definition) is 1. The molecule has 0 fully saturated rings. The van der Waals surface area contributed by atoms with Crippen LogP contribution in [0.25, 0.3) is 11.1 Å². The Bertz CT molecular complexity index is 476. The van der Waals surface area contributed by atoms with Gasteiger partial charge in [-0.1, -0.05) is 12.1 Å². The topological polar surface area (TPSA) is 26.0 Å². The third-order valence-electron chi connectivity index (χ3n) is 2.41. The lowest BCUT2D eigenvalue weighted by molar-refractivity contribution is 0.619. The van der Waals surface area contributed by atoms with Crippen molar-refractivity contribution in [1.82, 2.24) is 0 Å². The monoisotopic (exact) mass is 221 g/mol. The molecule has 0 aliphatic heterocycles. The molecule has 1 aromatic carbocycles. The smallest absolute Gasteiger partial charge is 0.126 e. The molecule has 1 aromatic heterocycles. The molecule has 0 bridgehead atoms. The third kappa shape index (κ3) is 1.94. The van der Waals surface area contributed by atoms with Gasteiger partial charge in [-0.3, -0.25) is 0 Å². The normalized spacial score (nSPS) is 10.6. The zero-order chi connectivity index (χ0) is 10.8. The lowest BCUT2D eigenvalue weighted by Gasteiger charge is -2.03. The molecule has 0 unspecified atom stereocenters. The highest BCUT2D eigenvalue weighted by Gasteiger charge is 2.07. The highest BCUT2D eigenvalue weighted by molar-refractivity contribution is 7.10. The molecule has 0 aliphatic rings. The summed E-state index contributed by atoms with van der Waals surface area (Å²) in [5.41, 5.74) is 8.23. The first-order valence-corrected chi connectivity index (χ1v) is 5.63. The molecular formula is C12H12FNS. The maximum Gasteiger partial charge on any atom is 0.126 e. The fourth-order valence-corrected chi connectivity index (χ4v) is 2.29. The molecule has 3 heteroatoms. The Morgan fingerprint density at radius 3 is 2.80 bits per heavy atom. The van der Waals surface area contributed by atoms with Crippen LogP contribution in [0.1, 0.15) is 10.4 Å². The molecule has 0 spiro atoms. The largest absolute Gasteiger partial charge is 0.326 e. The Labute approximate surface area is 92.4 Å². The van der Waals surface area contributed by atoms with E-state index in [2.05, 4.69) is 0 Å². The van der Waals surface area contributed by atoms with Crippen molar-refractivity contribution < 1.29 is 4.39 Å². The van der Waals surface area contributed by atoms with Crippen LogP contribution in [0.15, 0.2) is 29.6 Å². The average molecular weight is 221 g/mol. The summed E-state index contributed by atoms with van der Waals surface area (Å²) in [5, 5.41) is 1.98. The predicted molar refractivity (Wildman–Crippen MR) is 62.3 cm³/mol. The van der Waals surface area contributed by atoms with E-state index in [1.54, 1.807) is 30.4 Å². The van der Waals surface area contributed by atoms with Crippen LogP contribution in [0.4, 0.5) is 4.39 Å². The Hall–Kier alpha value is -1.19. The number of nitrogens with two attached hydrogens (primary N) is 1. The number of hydrogen-bond acceptors (Lipinski definition) is 2. The van der Waals surface area contributed by atoms with E-state index >= 15 is 0 Å². The van der Waals surface area contributed by atoms with Crippen molar-refractivity contribution in [2.75, 3.05) is 0 Å². The van der Waals surface area contributed by atoms with Crippen LogP contribution in [0.5, 0.6) is 0 Å². The van der Waals surface area contributed by atoms with E-state index < -0.39 is 0 Å². The maximum absolute atomic E-state index is 13.4. The lowest BCUT2D eigenvalue weighted by atomic mass is 10.0. The molecule has 78 valence electrons. The first kappa shape index (κ1) is 10.3. The number of aryl methyl sites for hydroxylation is 1. The van der Waals surface area contributed by atoms with E-state index in [9.17, 15) is 4.39 Å². The highest BCUT2D eigenvalue weighted by atomic mass is 32.1. The first-order chi connectivity index (χ1) is 7.22. The molecule has 1 heterocycles. The summed E-state index contributed by atoms with van der Waals surface area (Å²) in [6, 6.07) is 7.27. The van der Waals surface area contributed by atoms with Crippen LogP contribution in [-0.4, -0.2) is 0 Å². The number of rotatable bonds is 2. The van der Waals surface area contributed by atoms with Crippen LogP contribution in [0.3, 0.4) is 0 Å². The Morgan fingerprint density at radius 2 is 2.13 bits per heavy atom. The zero-order valence-corrected chi connectivity index (χ0v) is 9.27. The molecule has 0 aliphatic carbocycles. The van der Waals surface area contributed by atoms with Crippen molar-refractivity contribution in [3.05, 3.63) is 45.9 Å². The number of thiophene rings is 1. The second kappa shape index (κ2) is 4.13. The van der Waals surface area contributed by atoms with Gasteiger partial charge in [0.05, 0.1) is 0 Å². The van der Waals surface area contributed by atoms with Crippen molar-refractivity contribution in [2.45, 2.75) is 13.5 Å². The van der Waals surface area contributed by atoms with E-state index in [1.165, 1.54) is 0 Å². The van der Waals surface area contributed by atoms with Gasteiger partial charge >= 0.3 is 0 Å². The summed E-state index contributed by atoms with van der Waals surface area (Å²) < 4.78 is 13.4. The van der Waals surface area contributed by atoms with E-state index in [4.69, 9.17) is 5.73 Å². The molecule has 2 N–H and O–H groups in total. The summed E-state index contributed by atoms with van der Waals surface area (Å²) >= 11 is 1.61. The maximum atomic E-state index is 13.4. The van der Waals surface area contributed by atoms with E-state index in [0.717, 1.165) is 16.0 Å². The van der Waals surface area contributed by atoms with Gasteiger partial charge in [0.15, 0.2) is 0 Å². The van der Waals surface area contributed by atoms with Crippen molar-refractivity contribution in [3.63, 3.8) is 0 Å². The summed E-state index contributed by atoms with van der Waals surface area (Å²) in [6.07, 6.45) is 0. The van der Waals surface area contributed by atoms with Crippen LogP contribution >= 0.6 is 11.3 Å². The van der Waals surface area contributed by atoms with Crippen LogP contribution in [0.2, 0.25) is 0 Å². The van der Waals surface area contributed by atoms with Gasteiger partial charge in [0.1, 0.15) is 5.82 Å². The Kier molecular flexibility index (Phi) is 2.84. The summed E-state index contributed by atoms with van der Waals surface area (Å²) in [7, 11) is 0. The van der Waals surface area contributed by atoms with Gasteiger partial charge in [-0.05, 0) is 41.1 Å². The van der Waals surface area contributed by atoms with Crippen molar-refractivity contribution in [3.8, 4) is 11.1 Å². The van der Waals surface area contributed by atoms with Gasteiger partial charge in [0, 0.05) is 11.4 Å². The first-order valence-electron chi connectivity index (χ1n) is 4.75. The van der Waals surface area contributed by atoms with Crippen molar-refractivity contribution >= 4 is 11.3 Å². The SMILES string of the molecule is Cc1ccc(-c2ccsc2CN)cc1F. The van der Waals surface area contributed by atoms with Gasteiger partial charge in [0.25, 0.3) is 0 Å². The molecule has 0 amide bonds. The second-order valence-corrected chi connectivity index (χ2v) is 4.43. The van der Waals surface area contributed by atoms with E-state index in [-0.39, 0.29) is 5.82 Å². The second-order valence-electron chi connectivity index (χ2n) is 3.43. The highest BCUT2D eigenvalue weighted by Crippen LogP contribution is 2.28. The summed E-state index contributed by atoms with van der Waals surface area (Å²) in [4.78, 5) is 1.10. The van der Waals surface area contributed by atoms with Crippen LogP contribution < -0.4 is 5.73 Å². The van der Waals surface area contributed by atoms with Gasteiger partial charge < -0.3 is 5.73 Å². The zero-order valence-electron chi connectivity index (χ0n) is 8.46. The number of halogens is 1. The Balaban J connectivity index is 2.50. The van der Waals surface area contributed by atoms with Gasteiger partial charge in [-0.25, -0.2) is 4.39 Å². The molecule has 0 atom stereocenters. The molecule has 15 heavy (non-hydrogen) atoms. The molecule has 0 radical (unpaired) electrons. The predicted octanol–water partition coefficient (Wildman–Crippen LogP) is 3.32. The minimum absolute atomic E-state index is 0.165. The van der Waals surface area contributed by atoms with E-state index in [1.807, 2.05) is 17.5 Å². The molecule has 2 rings (SSSR count). The molecule has 1 nitrogen and oxygen atoms in total. The van der Waals surface area contributed by atoms with Crippen LogP contribution in [0, 0.1) is 12.7 Å². The van der Waals surface area contributed by atoms with Gasteiger partial charge in [-0.15, -0.1) is 11.3 Å². The molecule has 2 aromatic rings. The standard InChI is InChI=1S/C12H12FNS/c1-8-2-3-9(6-11(8)13)10-4-5-15-12(10)7-14/h2-6H,7,14H2,1H3. The Morgan fingerprint density at radius 1 is 1.33 bits per heavy atom. The molecule has 0 saturated heterocycles. The summed E-state index contributed by atoms with van der Waals surface area (Å²) in [5.74, 6) is -0.165. The van der Waals surface area contributed by atoms with Gasteiger partial charge in [-0.2, -0.15) is 0 Å². The third-order valence-corrected chi connectivity index (χ3v) is 3.36. The van der Waals surface area contributed by atoms with Crippen LogP contribution in [-0.2, 0) is 6.54 Å².